The van der Waals surface area contributed by atoms with E-state index in [9.17, 15) is 4.79 Å². The maximum Gasteiger partial charge on any atom is 0.200 e. The van der Waals surface area contributed by atoms with Gasteiger partial charge < -0.3 is 13.9 Å². The van der Waals surface area contributed by atoms with E-state index >= 15 is 0 Å². The van der Waals surface area contributed by atoms with Crippen LogP contribution < -0.4 is 9.47 Å². The Kier molecular flexibility index (Phi) is 6.08. The highest BCUT2D eigenvalue weighted by atomic mass is 32.2. The number of benzene rings is 2. The van der Waals surface area contributed by atoms with Crippen LogP contribution in [-0.4, -0.2) is 40.5 Å². The molecule has 0 bridgehead atoms. The van der Waals surface area contributed by atoms with E-state index in [4.69, 9.17) is 13.9 Å². The molecule has 0 atom stereocenters. The summed E-state index contributed by atoms with van der Waals surface area (Å²) in [6.45, 7) is 4.32. The van der Waals surface area contributed by atoms with Crippen molar-refractivity contribution in [2.24, 2.45) is 0 Å². The lowest BCUT2D eigenvalue weighted by molar-refractivity contribution is 0.102. The number of aromatic nitrogens is 3. The number of furan rings is 1. The zero-order valence-corrected chi connectivity index (χ0v) is 18.0. The Morgan fingerprint density at radius 3 is 2.68 bits per heavy atom. The van der Waals surface area contributed by atoms with E-state index in [1.165, 1.54) is 18.9 Å². The van der Waals surface area contributed by atoms with Crippen molar-refractivity contribution < 1.29 is 18.7 Å². The van der Waals surface area contributed by atoms with Crippen LogP contribution in [0.2, 0.25) is 0 Å². The quantitative estimate of drug-likeness (QED) is 0.211. The zero-order chi connectivity index (χ0) is 21.8. The summed E-state index contributed by atoms with van der Waals surface area (Å²) in [5.41, 5.74) is 1.32. The van der Waals surface area contributed by atoms with Crippen LogP contribution >= 0.6 is 11.8 Å². The molecule has 4 aromatic rings. The summed E-state index contributed by atoms with van der Waals surface area (Å²) >= 11 is 1.31. The molecular formula is C23H21N3O4S. The summed E-state index contributed by atoms with van der Waals surface area (Å²) in [7, 11) is 3.10. The number of fused-ring (bicyclic) bond motifs is 1. The third kappa shape index (κ3) is 4.20. The highest BCUT2D eigenvalue weighted by Crippen LogP contribution is 2.31. The van der Waals surface area contributed by atoms with Gasteiger partial charge in [0, 0.05) is 17.5 Å². The largest absolute Gasteiger partial charge is 0.493 e. The van der Waals surface area contributed by atoms with E-state index in [2.05, 4.69) is 16.8 Å². The number of allylic oxidation sites excluding steroid dienone is 1. The van der Waals surface area contributed by atoms with E-state index in [0.29, 0.717) is 40.3 Å². The second-order valence-corrected chi connectivity index (χ2v) is 7.58. The molecule has 0 amide bonds. The summed E-state index contributed by atoms with van der Waals surface area (Å²) < 4.78 is 18.3. The Hall–Kier alpha value is -3.52. The van der Waals surface area contributed by atoms with Gasteiger partial charge in [0.25, 0.3) is 0 Å². The number of carbonyl (C=O) groups is 1. The average molecular weight is 436 g/mol. The van der Waals surface area contributed by atoms with Gasteiger partial charge >= 0.3 is 0 Å². The summed E-state index contributed by atoms with van der Waals surface area (Å²) in [5.74, 6) is 2.45. The molecule has 31 heavy (non-hydrogen) atoms. The Bertz CT molecular complexity index is 1210. The molecule has 4 rings (SSSR count). The van der Waals surface area contributed by atoms with Crippen LogP contribution in [0, 0.1) is 0 Å². The van der Waals surface area contributed by atoms with Gasteiger partial charge in [-0.05, 0) is 30.3 Å². The average Bonchev–Trinajstić information content (AvgIpc) is 3.41. The first kappa shape index (κ1) is 20.7. The first-order valence-corrected chi connectivity index (χ1v) is 10.5. The topological polar surface area (TPSA) is 79.4 Å². The van der Waals surface area contributed by atoms with Gasteiger partial charge in [-0.2, -0.15) is 0 Å². The van der Waals surface area contributed by atoms with Gasteiger partial charge in [-0.15, -0.1) is 16.8 Å². The maximum absolute atomic E-state index is 12.7. The standard InChI is InChI=1S/C23H21N3O4S/c1-4-11-26-22(21-13-16-7-5-6-8-18(16)30-21)24-25-23(26)31-14-17(27)15-9-10-19(28-2)20(12-15)29-3/h4-10,12-13H,1,11,14H2,2-3H3. The van der Waals surface area contributed by atoms with Crippen molar-refractivity contribution in [3.8, 4) is 23.1 Å². The lowest BCUT2D eigenvalue weighted by Gasteiger charge is -2.09. The first-order valence-electron chi connectivity index (χ1n) is 9.55. The van der Waals surface area contributed by atoms with E-state index in [1.54, 1.807) is 31.4 Å². The predicted molar refractivity (Wildman–Crippen MR) is 120 cm³/mol. The monoisotopic (exact) mass is 435 g/mol. The molecule has 2 aromatic heterocycles. The maximum atomic E-state index is 12.7. The second-order valence-electron chi connectivity index (χ2n) is 6.64. The van der Waals surface area contributed by atoms with Gasteiger partial charge in [-0.3, -0.25) is 9.36 Å². The number of carbonyl (C=O) groups excluding carboxylic acids is 1. The van der Waals surface area contributed by atoms with Crippen LogP contribution in [0.1, 0.15) is 10.4 Å². The first-order chi connectivity index (χ1) is 15.1. The van der Waals surface area contributed by atoms with Gasteiger partial charge in [-0.25, -0.2) is 0 Å². The highest BCUT2D eigenvalue weighted by molar-refractivity contribution is 7.99. The Morgan fingerprint density at radius 1 is 1.13 bits per heavy atom. The molecule has 0 fully saturated rings. The van der Waals surface area contributed by atoms with Gasteiger partial charge in [0.1, 0.15) is 5.58 Å². The third-order valence-electron chi connectivity index (χ3n) is 4.71. The van der Waals surface area contributed by atoms with E-state index in [1.807, 2.05) is 34.9 Å². The molecule has 0 saturated carbocycles. The minimum Gasteiger partial charge on any atom is -0.493 e. The number of ketones is 1. The molecule has 0 saturated heterocycles. The number of para-hydroxylation sites is 1. The summed E-state index contributed by atoms with van der Waals surface area (Å²) in [6, 6.07) is 14.8. The molecule has 0 aliphatic heterocycles. The molecule has 0 unspecified atom stereocenters. The van der Waals surface area contributed by atoms with Crippen molar-refractivity contribution in [3.05, 3.63) is 66.7 Å². The van der Waals surface area contributed by atoms with Crippen LogP contribution in [0.4, 0.5) is 0 Å². The van der Waals surface area contributed by atoms with Crippen molar-refractivity contribution in [2.45, 2.75) is 11.7 Å². The molecule has 8 heteroatoms. The molecule has 2 aromatic carbocycles. The van der Waals surface area contributed by atoms with Crippen molar-refractivity contribution in [2.75, 3.05) is 20.0 Å². The van der Waals surface area contributed by atoms with Gasteiger partial charge in [-0.1, -0.05) is 36.0 Å². The Balaban J connectivity index is 1.56. The minimum absolute atomic E-state index is 0.0515. The van der Waals surface area contributed by atoms with Crippen LogP contribution in [0.15, 0.2) is 70.8 Å². The number of methoxy groups -OCH3 is 2. The summed E-state index contributed by atoms with van der Waals surface area (Å²) in [5, 5.41) is 10.2. The number of Topliss-reactive ketones (excluding diaryl/α,β-unsaturated/α-hetero) is 1. The summed E-state index contributed by atoms with van der Waals surface area (Å²) in [4.78, 5) is 12.7. The fraction of sp³-hybridized carbons (Fsp3) is 0.174. The van der Waals surface area contributed by atoms with E-state index in [0.717, 1.165) is 11.0 Å². The highest BCUT2D eigenvalue weighted by Gasteiger charge is 2.19. The van der Waals surface area contributed by atoms with Crippen molar-refractivity contribution >= 4 is 28.5 Å². The normalized spacial score (nSPS) is 10.9. The smallest absolute Gasteiger partial charge is 0.200 e. The lowest BCUT2D eigenvalue weighted by Crippen LogP contribution is -2.06. The fourth-order valence-corrected chi connectivity index (χ4v) is 4.03. The van der Waals surface area contributed by atoms with Crippen LogP contribution in [-0.2, 0) is 6.54 Å². The van der Waals surface area contributed by atoms with Gasteiger partial charge in [0.2, 0.25) is 5.82 Å². The Morgan fingerprint density at radius 2 is 1.94 bits per heavy atom. The Labute approximate surface area is 183 Å². The molecule has 0 aliphatic rings. The second kappa shape index (κ2) is 9.09. The molecule has 2 heterocycles. The van der Waals surface area contributed by atoms with Gasteiger partial charge in [0.15, 0.2) is 28.2 Å². The van der Waals surface area contributed by atoms with Crippen molar-refractivity contribution in [3.63, 3.8) is 0 Å². The summed E-state index contributed by atoms with van der Waals surface area (Å²) in [6.07, 6.45) is 1.76. The number of rotatable bonds is 9. The van der Waals surface area contributed by atoms with E-state index < -0.39 is 0 Å². The molecule has 158 valence electrons. The number of ether oxygens (including phenoxy) is 2. The number of hydrogen-bond acceptors (Lipinski definition) is 7. The third-order valence-corrected chi connectivity index (χ3v) is 5.68. The molecule has 0 aliphatic carbocycles. The molecule has 0 spiro atoms. The van der Waals surface area contributed by atoms with Gasteiger partial charge in [0.05, 0.1) is 20.0 Å². The van der Waals surface area contributed by atoms with Crippen LogP contribution in [0.5, 0.6) is 11.5 Å². The lowest BCUT2D eigenvalue weighted by atomic mass is 10.1. The molecular weight excluding hydrogens is 414 g/mol. The predicted octanol–water partition coefficient (Wildman–Crippen LogP) is 4.87. The number of nitrogens with zero attached hydrogens (tertiary/aromatic N) is 3. The van der Waals surface area contributed by atoms with Crippen LogP contribution in [0.25, 0.3) is 22.6 Å². The molecule has 0 N–H and O–H groups in total. The molecule has 7 nitrogen and oxygen atoms in total. The minimum atomic E-state index is -0.0515. The zero-order valence-electron chi connectivity index (χ0n) is 17.2. The van der Waals surface area contributed by atoms with Crippen molar-refractivity contribution in [1.29, 1.82) is 0 Å². The SMILES string of the molecule is C=CCn1c(SCC(=O)c2ccc(OC)c(OC)c2)nnc1-c1cc2ccccc2o1. The molecule has 0 radical (unpaired) electrons. The van der Waals surface area contributed by atoms with Crippen LogP contribution in [0.3, 0.4) is 0 Å². The van der Waals surface area contributed by atoms with Crippen molar-refractivity contribution in [1.82, 2.24) is 14.8 Å². The number of thioether (sulfide) groups is 1. The van der Waals surface area contributed by atoms with E-state index in [-0.39, 0.29) is 11.5 Å². The number of hydrogen-bond donors (Lipinski definition) is 0. The fourth-order valence-electron chi connectivity index (χ4n) is 3.19.